The molecule has 2 N–H and O–H groups in total. The molecule has 1 atom stereocenters. The van der Waals surface area contributed by atoms with E-state index in [4.69, 9.17) is 16.3 Å². The first-order valence-electron chi connectivity index (χ1n) is 7.22. The molecule has 0 aromatic heterocycles. The summed E-state index contributed by atoms with van der Waals surface area (Å²) in [4.78, 5) is 4.23. The fourth-order valence-electron chi connectivity index (χ4n) is 2.18. The molecule has 114 valence electrons. The Kier molecular flexibility index (Phi) is 5.93. The lowest BCUT2D eigenvalue weighted by molar-refractivity contribution is 0.223. The summed E-state index contributed by atoms with van der Waals surface area (Å²) in [5.74, 6) is 1.59. The molecular weight excluding hydrogens is 286 g/mol. The topological polar surface area (TPSA) is 45.7 Å². The predicted octanol–water partition coefficient (Wildman–Crippen LogP) is 2.99. The van der Waals surface area contributed by atoms with Gasteiger partial charge in [0, 0.05) is 18.1 Å². The van der Waals surface area contributed by atoms with Crippen molar-refractivity contribution in [2.24, 2.45) is 4.99 Å². The van der Waals surface area contributed by atoms with Crippen molar-refractivity contribution in [2.45, 2.75) is 31.9 Å². The first kappa shape index (κ1) is 15.7. The van der Waals surface area contributed by atoms with Gasteiger partial charge >= 0.3 is 0 Å². The summed E-state index contributed by atoms with van der Waals surface area (Å²) in [7, 11) is 1.78. The molecule has 0 saturated heterocycles. The van der Waals surface area contributed by atoms with Gasteiger partial charge in [-0.05, 0) is 38.0 Å². The van der Waals surface area contributed by atoms with Crippen LogP contribution in [0.3, 0.4) is 0 Å². The number of guanidine groups is 1. The van der Waals surface area contributed by atoms with Gasteiger partial charge in [-0.15, -0.1) is 0 Å². The van der Waals surface area contributed by atoms with Crippen LogP contribution in [0.4, 0.5) is 0 Å². The van der Waals surface area contributed by atoms with Crippen LogP contribution < -0.4 is 15.4 Å². The number of hydrogen-bond donors (Lipinski definition) is 2. The largest absolute Gasteiger partial charge is 0.489 e. The standard InChI is InChI=1S/C16H22ClN3O/c1-12(21-15-9-5-6-13(17)10-15)11-19-16(18-2)20-14-7-3-4-8-14/h3-6,9-10,12,14H,7-8,11H2,1-2H3,(H2,18,19,20). The van der Waals surface area contributed by atoms with Gasteiger partial charge in [-0.1, -0.05) is 29.8 Å². The molecule has 1 aliphatic carbocycles. The lowest BCUT2D eigenvalue weighted by Crippen LogP contribution is -2.45. The van der Waals surface area contributed by atoms with Crippen molar-refractivity contribution in [1.29, 1.82) is 0 Å². The molecule has 0 aliphatic heterocycles. The first-order valence-corrected chi connectivity index (χ1v) is 7.59. The highest BCUT2D eigenvalue weighted by Crippen LogP contribution is 2.18. The molecule has 1 aromatic carbocycles. The second kappa shape index (κ2) is 7.93. The highest BCUT2D eigenvalue weighted by molar-refractivity contribution is 6.30. The Morgan fingerprint density at radius 3 is 2.86 bits per heavy atom. The normalized spacial score (nSPS) is 16.8. The Balaban J connectivity index is 1.75. The molecule has 1 unspecified atom stereocenters. The van der Waals surface area contributed by atoms with Crippen LogP contribution in [-0.4, -0.2) is 31.7 Å². The second-order valence-corrected chi connectivity index (χ2v) is 5.56. The van der Waals surface area contributed by atoms with Gasteiger partial charge in [-0.2, -0.15) is 0 Å². The van der Waals surface area contributed by atoms with Crippen LogP contribution in [0, 0.1) is 0 Å². The summed E-state index contributed by atoms with van der Waals surface area (Å²) in [6, 6.07) is 7.87. The Hall–Kier alpha value is -1.68. The van der Waals surface area contributed by atoms with E-state index in [0.29, 0.717) is 17.6 Å². The van der Waals surface area contributed by atoms with E-state index in [0.717, 1.165) is 24.6 Å². The van der Waals surface area contributed by atoms with Gasteiger partial charge in [-0.3, -0.25) is 4.99 Å². The van der Waals surface area contributed by atoms with E-state index >= 15 is 0 Å². The zero-order valence-corrected chi connectivity index (χ0v) is 13.2. The van der Waals surface area contributed by atoms with Gasteiger partial charge < -0.3 is 15.4 Å². The van der Waals surface area contributed by atoms with Gasteiger partial charge in [-0.25, -0.2) is 0 Å². The number of aliphatic imine (C=N–C) groups is 1. The van der Waals surface area contributed by atoms with Crippen molar-refractivity contribution in [1.82, 2.24) is 10.6 Å². The highest BCUT2D eigenvalue weighted by atomic mass is 35.5. The lowest BCUT2D eigenvalue weighted by Gasteiger charge is -2.20. The van der Waals surface area contributed by atoms with E-state index in [1.807, 2.05) is 31.2 Å². The number of hydrogen-bond acceptors (Lipinski definition) is 2. The molecule has 1 aliphatic rings. The molecule has 0 amide bonds. The second-order valence-electron chi connectivity index (χ2n) is 5.12. The highest BCUT2D eigenvalue weighted by Gasteiger charge is 2.12. The third kappa shape index (κ3) is 5.31. The molecule has 0 fully saturated rings. The van der Waals surface area contributed by atoms with Crippen LogP contribution in [0.1, 0.15) is 19.8 Å². The van der Waals surface area contributed by atoms with Crippen LogP contribution in [0.5, 0.6) is 5.75 Å². The molecular formula is C16H22ClN3O. The average Bonchev–Trinajstić information content (AvgIpc) is 2.96. The minimum Gasteiger partial charge on any atom is -0.489 e. The summed E-state index contributed by atoms with van der Waals surface area (Å²) in [6.07, 6.45) is 6.50. The summed E-state index contributed by atoms with van der Waals surface area (Å²) >= 11 is 5.94. The summed E-state index contributed by atoms with van der Waals surface area (Å²) in [5, 5.41) is 7.36. The SMILES string of the molecule is CN=C(NCC(C)Oc1cccc(Cl)c1)NC1CC=CC1. The van der Waals surface area contributed by atoms with Gasteiger partial charge in [0.2, 0.25) is 0 Å². The molecule has 1 aromatic rings. The molecule has 0 spiro atoms. The van der Waals surface area contributed by atoms with Crippen LogP contribution in [0.25, 0.3) is 0 Å². The minimum atomic E-state index is 0.0173. The molecule has 5 heteroatoms. The molecule has 21 heavy (non-hydrogen) atoms. The van der Waals surface area contributed by atoms with E-state index in [-0.39, 0.29) is 6.10 Å². The van der Waals surface area contributed by atoms with E-state index in [1.54, 1.807) is 7.05 Å². The zero-order valence-electron chi connectivity index (χ0n) is 12.5. The van der Waals surface area contributed by atoms with Gasteiger partial charge in [0.25, 0.3) is 0 Å². The van der Waals surface area contributed by atoms with Crippen LogP contribution in [0.15, 0.2) is 41.4 Å². The average molecular weight is 308 g/mol. The number of benzene rings is 1. The summed E-state index contributed by atoms with van der Waals surface area (Å²) in [6.45, 7) is 2.69. The van der Waals surface area contributed by atoms with E-state index in [1.165, 1.54) is 0 Å². The van der Waals surface area contributed by atoms with Crippen molar-refractivity contribution >= 4 is 17.6 Å². The van der Waals surface area contributed by atoms with Gasteiger partial charge in [0.15, 0.2) is 5.96 Å². The van der Waals surface area contributed by atoms with Crippen molar-refractivity contribution in [3.63, 3.8) is 0 Å². The smallest absolute Gasteiger partial charge is 0.191 e. The first-order chi connectivity index (χ1) is 10.2. The summed E-state index contributed by atoms with van der Waals surface area (Å²) < 4.78 is 5.82. The molecule has 0 heterocycles. The molecule has 4 nitrogen and oxygen atoms in total. The maximum Gasteiger partial charge on any atom is 0.191 e. The van der Waals surface area contributed by atoms with Crippen LogP contribution in [-0.2, 0) is 0 Å². The fourth-order valence-corrected chi connectivity index (χ4v) is 2.36. The van der Waals surface area contributed by atoms with Gasteiger partial charge in [0.1, 0.15) is 11.9 Å². The third-order valence-corrected chi connectivity index (χ3v) is 3.50. The Bertz CT molecular complexity index is 508. The maximum absolute atomic E-state index is 5.94. The lowest BCUT2D eigenvalue weighted by atomic mass is 10.2. The molecule has 0 saturated carbocycles. The zero-order chi connectivity index (χ0) is 15.1. The number of nitrogens with one attached hydrogen (secondary N) is 2. The van der Waals surface area contributed by atoms with Gasteiger partial charge in [0.05, 0.1) is 6.54 Å². The Labute approximate surface area is 131 Å². The maximum atomic E-state index is 5.94. The molecule has 2 rings (SSSR count). The van der Waals surface area contributed by atoms with Crippen molar-refractivity contribution < 1.29 is 4.74 Å². The monoisotopic (exact) mass is 307 g/mol. The van der Waals surface area contributed by atoms with Crippen LogP contribution >= 0.6 is 11.6 Å². The van der Waals surface area contributed by atoms with Crippen LogP contribution in [0.2, 0.25) is 5.02 Å². The number of nitrogens with zero attached hydrogens (tertiary/aromatic N) is 1. The van der Waals surface area contributed by atoms with E-state index in [2.05, 4.69) is 27.8 Å². The van der Waals surface area contributed by atoms with Crippen molar-refractivity contribution in [3.8, 4) is 5.75 Å². The van der Waals surface area contributed by atoms with E-state index < -0.39 is 0 Å². The summed E-state index contributed by atoms with van der Waals surface area (Å²) in [5.41, 5.74) is 0. The van der Waals surface area contributed by atoms with E-state index in [9.17, 15) is 0 Å². The fraction of sp³-hybridized carbons (Fsp3) is 0.438. The third-order valence-electron chi connectivity index (χ3n) is 3.26. The minimum absolute atomic E-state index is 0.0173. The van der Waals surface area contributed by atoms with Crippen molar-refractivity contribution in [2.75, 3.05) is 13.6 Å². The van der Waals surface area contributed by atoms with Crippen molar-refractivity contribution in [3.05, 3.63) is 41.4 Å². The number of halogens is 1. The number of rotatable bonds is 5. The predicted molar refractivity (Wildman–Crippen MR) is 88.2 cm³/mol. The molecule has 0 bridgehead atoms. The quantitative estimate of drug-likeness (QED) is 0.499. The molecule has 0 radical (unpaired) electrons. The number of ether oxygens (including phenoxy) is 1. The Morgan fingerprint density at radius 2 is 2.19 bits per heavy atom. The Morgan fingerprint density at radius 1 is 1.43 bits per heavy atom.